The van der Waals surface area contributed by atoms with Gasteiger partial charge in [-0.3, -0.25) is 0 Å². The van der Waals surface area contributed by atoms with Crippen LogP contribution in [0.2, 0.25) is 0 Å². The molecule has 1 saturated heterocycles. The van der Waals surface area contributed by atoms with E-state index in [1.165, 1.54) is 20.0 Å². The molecule has 1 aliphatic rings. The third kappa shape index (κ3) is 3.28. The lowest BCUT2D eigenvalue weighted by molar-refractivity contribution is 0.0601. The normalized spacial score (nSPS) is 21.2. The molecule has 0 bridgehead atoms. The maximum absolute atomic E-state index is 11.7. The van der Waals surface area contributed by atoms with Gasteiger partial charge in [0.15, 0.2) is 0 Å². The molecule has 1 aliphatic heterocycles. The predicted octanol–water partition coefficient (Wildman–Crippen LogP) is 2.06. The van der Waals surface area contributed by atoms with Gasteiger partial charge in [-0.2, -0.15) is 0 Å². The van der Waals surface area contributed by atoms with Crippen LogP contribution in [0.15, 0.2) is 18.3 Å². The highest BCUT2D eigenvalue weighted by Gasteiger charge is 2.31. The van der Waals surface area contributed by atoms with Gasteiger partial charge in [0.1, 0.15) is 11.4 Å². The number of hydrogen-bond donors (Lipinski definition) is 2. The molecule has 2 N–H and O–H groups in total. The van der Waals surface area contributed by atoms with Crippen LogP contribution in [0.5, 0.6) is 0 Å². The topological polar surface area (TPSA) is 63.2 Å². The number of piperidine rings is 1. The molecular formula is C15H23N3O2. The van der Waals surface area contributed by atoms with Crippen LogP contribution in [0.1, 0.15) is 37.0 Å². The summed E-state index contributed by atoms with van der Waals surface area (Å²) in [6.45, 7) is 6.33. The molecule has 0 aromatic carbocycles. The number of ether oxygens (including phenoxy) is 1. The molecule has 0 aliphatic carbocycles. The second-order valence-corrected chi connectivity index (χ2v) is 5.87. The third-order valence-corrected chi connectivity index (χ3v) is 4.02. The van der Waals surface area contributed by atoms with Crippen molar-refractivity contribution in [3.8, 4) is 0 Å². The van der Waals surface area contributed by atoms with E-state index < -0.39 is 0 Å². The van der Waals surface area contributed by atoms with Gasteiger partial charge in [0.25, 0.3) is 0 Å². The zero-order valence-corrected chi connectivity index (χ0v) is 12.4. The minimum absolute atomic E-state index is 0.242. The predicted molar refractivity (Wildman–Crippen MR) is 78.9 cm³/mol. The van der Waals surface area contributed by atoms with Gasteiger partial charge < -0.3 is 15.4 Å². The van der Waals surface area contributed by atoms with Crippen LogP contribution >= 0.6 is 0 Å². The average Bonchev–Trinajstić information content (AvgIpc) is 2.45. The van der Waals surface area contributed by atoms with E-state index in [1.807, 2.05) is 0 Å². The van der Waals surface area contributed by atoms with Crippen LogP contribution in [-0.4, -0.2) is 37.2 Å². The summed E-state index contributed by atoms with van der Waals surface area (Å²) in [5, 5.41) is 6.82. The molecule has 1 unspecified atom stereocenters. The monoisotopic (exact) mass is 277 g/mol. The van der Waals surface area contributed by atoms with E-state index >= 15 is 0 Å². The van der Waals surface area contributed by atoms with E-state index in [-0.39, 0.29) is 11.4 Å². The molecule has 0 amide bonds. The fourth-order valence-electron chi connectivity index (χ4n) is 2.64. The van der Waals surface area contributed by atoms with Crippen LogP contribution in [0, 0.1) is 5.41 Å². The molecule has 1 atom stereocenters. The number of pyridine rings is 1. The van der Waals surface area contributed by atoms with Crippen LogP contribution in [0.3, 0.4) is 0 Å². The number of rotatable bonds is 4. The van der Waals surface area contributed by atoms with Crippen LogP contribution in [0.4, 0.5) is 5.82 Å². The van der Waals surface area contributed by atoms with Crippen molar-refractivity contribution in [2.75, 3.05) is 25.5 Å². The Labute approximate surface area is 120 Å². The number of aromatic nitrogens is 1. The Kier molecular flexibility index (Phi) is 4.60. The van der Waals surface area contributed by atoms with Crippen molar-refractivity contribution in [3.05, 3.63) is 23.9 Å². The number of carbonyl (C=O) groups is 1. The summed E-state index contributed by atoms with van der Waals surface area (Å²) in [6.07, 6.45) is 4.09. The zero-order chi connectivity index (χ0) is 14.6. The Hall–Kier alpha value is -1.62. The molecule has 0 saturated carbocycles. The van der Waals surface area contributed by atoms with E-state index in [0.29, 0.717) is 17.4 Å². The van der Waals surface area contributed by atoms with Crippen molar-refractivity contribution in [2.45, 2.75) is 32.7 Å². The lowest BCUT2D eigenvalue weighted by atomic mass is 9.77. The summed E-state index contributed by atoms with van der Waals surface area (Å²) >= 11 is 0. The molecule has 1 aromatic heterocycles. The summed E-state index contributed by atoms with van der Waals surface area (Å²) in [7, 11) is 1.38. The molecule has 5 heteroatoms. The van der Waals surface area contributed by atoms with Gasteiger partial charge in [0.05, 0.1) is 7.11 Å². The van der Waals surface area contributed by atoms with Crippen LogP contribution < -0.4 is 10.6 Å². The first kappa shape index (κ1) is 14.8. The first-order chi connectivity index (χ1) is 9.54. The molecule has 5 nitrogen and oxygen atoms in total. The number of methoxy groups -OCH3 is 1. The smallest absolute Gasteiger partial charge is 0.341 e. The van der Waals surface area contributed by atoms with E-state index in [0.717, 1.165) is 13.1 Å². The van der Waals surface area contributed by atoms with Crippen molar-refractivity contribution < 1.29 is 9.53 Å². The molecule has 2 rings (SSSR count). The largest absolute Gasteiger partial charge is 0.465 e. The number of nitrogens with one attached hydrogen (secondary N) is 2. The lowest BCUT2D eigenvalue weighted by Crippen LogP contribution is -2.50. The second-order valence-electron chi connectivity index (χ2n) is 5.87. The minimum atomic E-state index is -0.364. The van der Waals surface area contributed by atoms with Gasteiger partial charge in [-0.1, -0.05) is 13.8 Å². The van der Waals surface area contributed by atoms with E-state index in [9.17, 15) is 4.79 Å². The van der Waals surface area contributed by atoms with Crippen LogP contribution in [0.25, 0.3) is 0 Å². The van der Waals surface area contributed by atoms with Gasteiger partial charge in [0.2, 0.25) is 0 Å². The lowest BCUT2D eigenvalue weighted by Gasteiger charge is -2.39. The fraction of sp³-hybridized carbons (Fsp3) is 0.600. The highest BCUT2D eigenvalue weighted by molar-refractivity contribution is 5.94. The second kappa shape index (κ2) is 6.22. The minimum Gasteiger partial charge on any atom is -0.465 e. The molecule has 110 valence electrons. The number of nitrogens with zero attached hydrogens (tertiary/aromatic N) is 1. The van der Waals surface area contributed by atoms with Crippen LogP contribution in [-0.2, 0) is 4.74 Å². The number of hydrogen-bond acceptors (Lipinski definition) is 5. The highest BCUT2D eigenvalue weighted by atomic mass is 16.5. The summed E-state index contributed by atoms with van der Waals surface area (Å²) in [5.74, 6) is 0.221. The summed E-state index contributed by atoms with van der Waals surface area (Å²) in [4.78, 5) is 15.9. The quantitative estimate of drug-likeness (QED) is 0.825. The Morgan fingerprint density at radius 3 is 3.10 bits per heavy atom. The SMILES string of the molecule is COC(=O)c1cccnc1NCC1NCCCC1(C)C. The Balaban J connectivity index is 2.05. The molecule has 1 aromatic rings. The Morgan fingerprint density at radius 2 is 2.40 bits per heavy atom. The average molecular weight is 277 g/mol. The molecule has 1 fully saturated rings. The first-order valence-electron chi connectivity index (χ1n) is 7.05. The van der Waals surface area contributed by atoms with E-state index in [2.05, 4.69) is 29.5 Å². The van der Waals surface area contributed by atoms with E-state index in [1.54, 1.807) is 18.3 Å². The van der Waals surface area contributed by atoms with Gasteiger partial charge in [-0.05, 0) is 36.9 Å². The molecule has 2 heterocycles. The molecule has 20 heavy (non-hydrogen) atoms. The van der Waals surface area contributed by atoms with Crippen molar-refractivity contribution in [1.29, 1.82) is 0 Å². The molecule has 0 spiro atoms. The maximum Gasteiger partial charge on any atom is 0.341 e. The van der Waals surface area contributed by atoms with Gasteiger partial charge in [-0.15, -0.1) is 0 Å². The zero-order valence-electron chi connectivity index (χ0n) is 12.4. The van der Waals surface area contributed by atoms with Gasteiger partial charge in [-0.25, -0.2) is 9.78 Å². The summed E-state index contributed by atoms with van der Waals surface area (Å²) in [6, 6.07) is 3.82. The summed E-state index contributed by atoms with van der Waals surface area (Å²) in [5.41, 5.74) is 0.717. The molecule has 0 radical (unpaired) electrons. The summed E-state index contributed by atoms with van der Waals surface area (Å²) < 4.78 is 4.78. The van der Waals surface area contributed by atoms with Crippen molar-refractivity contribution in [3.63, 3.8) is 0 Å². The van der Waals surface area contributed by atoms with Crippen molar-refractivity contribution in [2.24, 2.45) is 5.41 Å². The first-order valence-corrected chi connectivity index (χ1v) is 7.05. The van der Waals surface area contributed by atoms with Crippen molar-refractivity contribution in [1.82, 2.24) is 10.3 Å². The van der Waals surface area contributed by atoms with Gasteiger partial charge >= 0.3 is 5.97 Å². The third-order valence-electron chi connectivity index (χ3n) is 4.02. The van der Waals surface area contributed by atoms with Crippen molar-refractivity contribution >= 4 is 11.8 Å². The molecular weight excluding hydrogens is 254 g/mol. The standard InChI is InChI=1S/C15H23N3O2/c1-15(2)7-5-9-16-12(15)10-18-13-11(14(19)20-3)6-4-8-17-13/h4,6,8,12,16H,5,7,9-10H2,1-3H3,(H,17,18). The maximum atomic E-state index is 11.7. The fourth-order valence-corrected chi connectivity index (χ4v) is 2.64. The number of carbonyl (C=O) groups excluding carboxylic acids is 1. The Bertz CT molecular complexity index is 474. The number of anilines is 1. The highest BCUT2D eigenvalue weighted by Crippen LogP contribution is 2.30. The Morgan fingerprint density at radius 1 is 1.60 bits per heavy atom. The van der Waals surface area contributed by atoms with Gasteiger partial charge in [0, 0.05) is 18.8 Å². The van der Waals surface area contributed by atoms with E-state index in [4.69, 9.17) is 4.74 Å². The number of esters is 1.